The van der Waals surface area contributed by atoms with Gasteiger partial charge in [0.25, 0.3) is 0 Å². The largest absolute Gasteiger partial charge is 0.357 e. The fourth-order valence-corrected chi connectivity index (χ4v) is 6.07. The Hall–Kier alpha value is -0.240. The summed E-state index contributed by atoms with van der Waals surface area (Å²) in [6.45, 7) is 5.08. The third kappa shape index (κ3) is 7.95. The highest BCUT2D eigenvalue weighted by atomic mass is 127. The molecule has 27 heavy (non-hydrogen) atoms. The maximum Gasteiger partial charge on any atom is 0.247 e. The van der Waals surface area contributed by atoms with Crippen molar-refractivity contribution in [1.29, 1.82) is 0 Å². The average molecular weight is 549 g/mol. The molecule has 1 fully saturated rings. The minimum atomic E-state index is -3.66. The van der Waals surface area contributed by atoms with E-state index in [2.05, 4.69) is 15.6 Å². The van der Waals surface area contributed by atoms with Gasteiger partial charge in [0.15, 0.2) is 5.96 Å². The van der Waals surface area contributed by atoms with E-state index in [0.717, 1.165) is 48.4 Å². The van der Waals surface area contributed by atoms with Crippen LogP contribution >= 0.6 is 35.3 Å². The van der Waals surface area contributed by atoms with Crippen LogP contribution in [0, 0.1) is 0 Å². The Morgan fingerprint density at radius 1 is 1.37 bits per heavy atom. The fourth-order valence-electron chi connectivity index (χ4n) is 3.02. The zero-order valence-electron chi connectivity index (χ0n) is 15.6. The summed E-state index contributed by atoms with van der Waals surface area (Å²) in [4.78, 5) is 5.39. The Balaban J connectivity index is 0.00000364. The number of sulfonamides is 1. The van der Waals surface area contributed by atoms with Gasteiger partial charge in [0.05, 0.1) is 6.54 Å². The lowest BCUT2D eigenvalue weighted by atomic mass is 9.95. The number of nitrogens with one attached hydrogen (secondary N) is 2. The average Bonchev–Trinajstić information content (AvgIpc) is 3.09. The van der Waals surface area contributed by atoms with Gasteiger partial charge in [0, 0.05) is 39.3 Å². The predicted molar refractivity (Wildman–Crippen MR) is 124 cm³/mol. The Labute approximate surface area is 185 Å². The van der Waals surface area contributed by atoms with Gasteiger partial charge >= 0.3 is 0 Å². The number of nitrogens with two attached hydrogens (primary N) is 1. The molecule has 0 spiro atoms. The summed E-state index contributed by atoms with van der Waals surface area (Å²) in [5.74, 6) is 1.40. The van der Waals surface area contributed by atoms with Gasteiger partial charge in [0.2, 0.25) is 10.0 Å². The molecule has 3 atom stereocenters. The second-order valence-electron chi connectivity index (χ2n) is 6.26. The van der Waals surface area contributed by atoms with Crippen molar-refractivity contribution < 1.29 is 12.6 Å². The van der Waals surface area contributed by atoms with E-state index in [4.69, 9.17) is 5.14 Å². The van der Waals surface area contributed by atoms with E-state index < -0.39 is 20.8 Å². The molecule has 11 heteroatoms. The van der Waals surface area contributed by atoms with Crippen LogP contribution in [0.5, 0.6) is 0 Å². The number of aliphatic imine (C=N–C) groups is 1. The van der Waals surface area contributed by atoms with Crippen molar-refractivity contribution in [3.63, 3.8) is 0 Å². The van der Waals surface area contributed by atoms with Crippen LogP contribution in [-0.4, -0.2) is 42.2 Å². The lowest BCUT2D eigenvalue weighted by Crippen LogP contribution is -2.46. The maximum atomic E-state index is 12.1. The second-order valence-corrected chi connectivity index (χ2v) is 11.2. The van der Waals surface area contributed by atoms with Crippen molar-refractivity contribution in [3.8, 4) is 0 Å². The Morgan fingerprint density at radius 2 is 2.11 bits per heavy atom. The molecular weight excluding hydrogens is 519 g/mol. The Morgan fingerprint density at radius 3 is 2.70 bits per heavy atom. The molecule has 1 aliphatic carbocycles. The van der Waals surface area contributed by atoms with E-state index >= 15 is 0 Å². The first-order valence-corrected chi connectivity index (χ1v) is 12.6. The van der Waals surface area contributed by atoms with E-state index in [1.54, 1.807) is 6.07 Å². The molecule has 2 rings (SSSR count). The van der Waals surface area contributed by atoms with Crippen molar-refractivity contribution in [3.05, 3.63) is 17.0 Å². The van der Waals surface area contributed by atoms with Crippen molar-refractivity contribution >= 4 is 62.1 Å². The molecular formula is C16H29IN4O3S3. The first kappa shape index (κ1) is 24.8. The molecule has 1 saturated carbocycles. The molecule has 1 aromatic rings. The number of hydrogen-bond donors (Lipinski definition) is 3. The lowest BCUT2D eigenvalue weighted by Gasteiger charge is -2.30. The smallest absolute Gasteiger partial charge is 0.247 e. The molecule has 1 heterocycles. The number of halogens is 1. The lowest BCUT2D eigenvalue weighted by molar-refractivity contribution is 0.413. The summed E-state index contributed by atoms with van der Waals surface area (Å²) in [7, 11) is -4.42. The number of rotatable bonds is 7. The molecule has 4 N–H and O–H groups in total. The number of hydrogen-bond acceptors (Lipinski definition) is 5. The molecule has 1 aliphatic rings. The minimum absolute atomic E-state index is 0. The van der Waals surface area contributed by atoms with E-state index in [9.17, 15) is 12.6 Å². The van der Waals surface area contributed by atoms with Gasteiger partial charge in [-0.3, -0.25) is 4.21 Å². The molecule has 7 nitrogen and oxygen atoms in total. The van der Waals surface area contributed by atoms with E-state index in [1.165, 1.54) is 6.07 Å². The van der Waals surface area contributed by atoms with Crippen LogP contribution in [-0.2, 0) is 27.4 Å². The summed E-state index contributed by atoms with van der Waals surface area (Å²) in [5, 5.41) is 12.1. The van der Waals surface area contributed by atoms with E-state index in [-0.39, 0.29) is 39.5 Å². The summed E-state index contributed by atoms with van der Waals surface area (Å²) >= 11 is 1.14. The van der Waals surface area contributed by atoms with Crippen LogP contribution in [0.3, 0.4) is 0 Å². The molecule has 0 saturated heterocycles. The normalized spacial score (nSPS) is 22.0. The molecule has 1 aromatic heterocycles. The first-order chi connectivity index (χ1) is 12.3. The van der Waals surface area contributed by atoms with Gasteiger partial charge in [-0.15, -0.1) is 35.3 Å². The monoisotopic (exact) mass is 548 g/mol. The highest BCUT2D eigenvalue weighted by Crippen LogP contribution is 2.23. The Kier molecular flexibility index (Phi) is 10.7. The highest BCUT2D eigenvalue weighted by molar-refractivity contribution is 14.0. The molecule has 0 bridgehead atoms. The summed E-state index contributed by atoms with van der Waals surface area (Å²) in [5.41, 5.74) is 0. The molecule has 0 radical (unpaired) electrons. The number of guanidine groups is 1. The quantitative estimate of drug-likeness (QED) is 0.275. The molecule has 156 valence electrons. The van der Waals surface area contributed by atoms with Gasteiger partial charge in [-0.2, -0.15) is 0 Å². The minimum Gasteiger partial charge on any atom is -0.357 e. The van der Waals surface area contributed by atoms with Gasteiger partial charge in [0.1, 0.15) is 4.21 Å². The van der Waals surface area contributed by atoms with Crippen molar-refractivity contribution in [2.45, 2.75) is 61.6 Å². The fraction of sp³-hybridized carbons (Fsp3) is 0.688. The zero-order chi connectivity index (χ0) is 19.2. The van der Waals surface area contributed by atoms with Crippen LogP contribution in [0.1, 0.15) is 44.4 Å². The number of thiophene rings is 1. The van der Waals surface area contributed by atoms with E-state index in [1.807, 2.05) is 13.8 Å². The van der Waals surface area contributed by atoms with Crippen LogP contribution in [0.4, 0.5) is 0 Å². The van der Waals surface area contributed by atoms with Crippen LogP contribution in [0.2, 0.25) is 0 Å². The topological polar surface area (TPSA) is 114 Å². The van der Waals surface area contributed by atoms with Crippen molar-refractivity contribution in [1.82, 2.24) is 10.6 Å². The van der Waals surface area contributed by atoms with Crippen molar-refractivity contribution in [2.24, 2.45) is 10.1 Å². The van der Waals surface area contributed by atoms with Gasteiger partial charge < -0.3 is 10.6 Å². The van der Waals surface area contributed by atoms with Gasteiger partial charge in [-0.25, -0.2) is 18.5 Å². The first-order valence-electron chi connectivity index (χ1n) is 8.87. The second kappa shape index (κ2) is 11.7. The van der Waals surface area contributed by atoms with Crippen molar-refractivity contribution in [2.75, 3.05) is 12.3 Å². The predicted octanol–water partition coefficient (Wildman–Crippen LogP) is 2.15. The molecule has 0 aromatic carbocycles. The highest BCUT2D eigenvalue weighted by Gasteiger charge is 2.26. The third-order valence-electron chi connectivity index (χ3n) is 4.28. The number of nitrogens with zero attached hydrogens (tertiary/aromatic N) is 1. The van der Waals surface area contributed by atoms with Crippen LogP contribution in [0.25, 0.3) is 0 Å². The van der Waals surface area contributed by atoms with E-state index in [0.29, 0.717) is 18.3 Å². The number of primary sulfonamides is 1. The van der Waals surface area contributed by atoms with Gasteiger partial charge in [-0.05, 0) is 38.3 Å². The summed E-state index contributed by atoms with van der Waals surface area (Å²) in [6.07, 6.45) is 4.02. The molecule has 0 amide bonds. The van der Waals surface area contributed by atoms with Crippen LogP contribution in [0.15, 0.2) is 21.3 Å². The zero-order valence-corrected chi connectivity index (χ0v) is 20.4. The summed E-state index contributed by atoms with van der Waals surface area (Å²) in [6, 6.07) is 3.50. The third-order valence-corrected chi connectivity index (χ3v) is 8.53. The Bertz CT molecular complexity index is 752. The van der Waals surface area contributed by atoms with Crippen LogP contribution < -0.4 is 15.8 Å². The standard InChI is InChI=1S/C16H28N4O3S3.HI/c1-3-18-16(19-11-13-8-9-15(24-13)26(17,22)23)20-12-6-5-7-14(10-12)25(21)4-2;/h8-9,12,14H,3-7,10-11H2,1-2H3,(H2,17,22,23)(H2,18,19,20);1H. The molecule has 3 unspecified atom stereocenters. The summed E-state index contributed by atoms with van der Waals surface area (Å²) < 4.78 is 35.0. The SMILES string of the molecule is CCNC(=NCc1ccc(S(N)(=O)=O)s1)NC1CCCC(S(=O)CC)C1.I. The van der Waals surface area contributed by atoms with Gasteiger partial charge in [-0.1, -0.05) is 13.3 Å². The molecule has 0 aliphatic heterocycles. The maximum absolute atomic E-state index is 12.1.